The van der Waals surface area contributed by atoms with E-state index in [0.717, 1.165) is 36.9 Å². The maximum Gasteiger partial charge on any atom is 0.291 e. The van der Waals surface area contributed by atoms with Crippen LogP contribution < -0.4 is 0 Å². The van der Waals surface area contributed by atoms with Gasteiger partial charge in [0.1, 0.15) is 11.6 Å². The lowest BCUT2D eigenvalue weighted by atomic mass is 9.59. The van der Waals surface area contributed by atoms with E-state index in [1.807, 2.05) is 11.0 Å². The van der Waals surface area contributed by atoms with Crippen molar-refractivity contribution < 1.29 is 18.0 Å². The van der Waals surface area contributed by atoms with Gasteiger partial charge in [0, 0.05) is 18.5 Å². The van der Waals surface area contributed by atoms with E-state index in [9.17, 15) is 13.6 Å². The molecule has 2 aliphatic carbocycles. The van der Waals surface area contributed by atoms with E-state index in [-0.39, 0.29) is 45.6 Å². The van der Waals surface area contributed by atoms with Gasteiger partial charge in [0.25, 0.3) is 5.91 Å². The van der Waals surface area contributed by atoms with Gasteiger partial charge >= 0.3 is 0 Å². The third-order valence-corrected chi connectivity index (χ3v) is 8.74. The summed E-state index contributed by atoms with van der Waals surface area (Å²) >= 11 is 0. The fraction of sp³-hybridized carbons (Fsp3) is 0.462. The number of fused-ring (bicyclic) bond motifs is 5. The molecule has 8 heteroatoms. The molecule has 0 N–H and O–H groups in total. The number of carbonyl (C=O) groups excluding carboxylic acids is 1. The van der Waals surface area contributed by atoms with E-state index in [2.05, 4.69) is 29.0 Å². The first-order valence-electron chi connectivity index (χ1n) is 11.8. The van der Waals surface area contributed by atoms with Crippen LogP contribution in [0.25, 0.3) is 11.3 Å². The zero-order valence-corrected chi connectivity index (χ0v) is 19.2. The Morgan fingerprint density at radius 1 is 1.18 bits per heavy atom. The first-order chi connectivity index (χ1) is 16.3. The molecule has 0 spiro atoms. The molecule has 34 heavy (non-hydrogen) atoms. The minimum absolute atomic E-state index is 0.112. The summed E-state index contributed by atoms with van der Waals surface area (Å²) in [7, 11) is 0. The number of aromatic nitrogens is 3. The molecule has 3 aliphatic rings. The fourth-order valence-electron chi connectivity index (χ4n) is 7.18. The minimum atomic E-state index is -0.639. The van der Waals surface area contributed by atoms with Crippen LogP contribution >= 0.6 is 0 Å². The maximum atomic E-state index is 14.5. The largest absolute Gasteiger partial charge is 0.438 e. The number of hydrogen-bond donors (Lipinski definition) is 0. The molecule has 1 saturated heterocycles. The zero-order chi connectivity index (χ0) is 23.7. The van der Waals surface area contributed by atoms with Gasteiger partial charge in [-0.2, -0.15) is 10.2 Å². The van der Waals surface area contributed by atoms with Crippen LogP contribution in [-0.2, 0) is 5.41 Å². The Balaban J connectivity index is 1.40. The topological polar surface area (TPSA) is 72.1 Å². The second-order valence-corrected chi connectivity index (χ2v) is 10.4. The number of hydrogen-bond acceptors (Lipinski definition) is 5. The van der Waals surface area contributed by atoms with Gasteiger partial charge in [-0.25, -0.2) is 13.8 Å². The quantitative estimate of drug-likeness (QED) is 0.538. The summed E-state index contributed by atoms with van der Waals surface area (Å²) in [6.45, 7) is 5.83. The van der Waals surface area contributed by atoms with Crippen molar-refractivity contribution in [3.05, 3.63) is 65.5 Å². The SMILES string of the molecule is CC1(C)[C@H]2CC[C@]1([C@H]1CCCN(C(=O)c3cnco3)C1)c1nnc(-c3c(F)cccc3F)cc12. The third kappa shape index (κ3) is 2.77. The lowest BCUT2D eigenvalue weighted by molar-refractivity contribution is 0.0402. The minimum Gasteiger partial charge on any atom is -0.438 e. The van der Waals surface area contributed by atoms with Gasteiger partial charge in [-0.05, 0) is 66.7 Å². The van der Waals surface area contributed by atoms with Gasteiger partial charge in [-0.1, -0.05) is 19.9 Å². The second kappa shape index (κ2) is 7.42. The molecule has 2 bridgehead atoms. The Bertz CT molecular complexity index is 1260. The highest BCUT2D eigenvalue weighted by molar-refractivity contribution is 5.91. The summed E-state index contributed by atoms with van der Waals surface area (Å²) in [6, 6.07) is 5.68. The van der Waals surface area contributed by atoms with E-state index in [0.29, 0.717) is 13.1 Å². The molecule has 3 atom stereocenters. The summed E-state index contributed by atoms with van der Waals surface area (Å²) < 4.78 is 34.2. The van der Waals surface area contributed by atoms with Crippen molar-refractivity contribution in [2.75, 3.05) is 13.1 Å². The summed E-state index contributed by atoms with van der Waals surface area (Å²) in [5, 5.41) is 8.98. The summed E-state index contributed by atoms with van der Waals surface area (Å²) in [6.07, 6.45) is 6.57. The molecule has 0 radical (unpaired) electrons. The van der Waals surface area contributed by atoms with Crippen LogP contribution in [0.4, 0.5) is 8.78 Å². The molecule has 2 fully saturated rings. The summed E-state index contributed by atoms with van der Waals surface area (Å²) in [5.41, 5.74) is 1.73. The Kier molecular flexibility index (Phi) is 4.66. The van der Waals surface area contributed by atoms with Crippen molar-refractivity contribution in [3.8, 4) is 11.3 Å². The Labute approximate surface area is 196 Å². The van der Waals surface area contributed by atoms with Gasteiger partial charge in [0.05, 0.1) is 23.1 Å². The molecule has 3 heterocycles. The molecule has 1 aromatic carbocycles. The van der Waals surface area contributed by atoms with Crippen LogP contribution in [0.1, 0.15) is 67.3 Å². The van der Waals surface area contributed by atoms with Crippen molar-refractivity contribution in [2.24, 2.45) is 11.3 Å². The lowest BCUT2D eigenvalue weighted by Crippen LogP contribution is -2.51. The number of rotatable bonds is 3. The van der Waals surface area contributed by atoms with Crippen molar-refractivity contribution in [1.29, 1.82) is 0 Å². The van der Waals surface area contributed by atoms with E-state index in [4.69, 9.17) is 4.42 Å². The predicted octanol–water partition coefficient (Wildman–Crippen LogP) is 5.12. The Morgan fingerprint density at radius 2 is 1.97 bits per heavy atom. The van der Waals surface area contributed by atoms with Crippen molar-refractivity contribution >= 4 is 5.91 Å². The van der Waals surface area contributed by atoms with Crippen LogP contribution in [-0.4, -0.2) is 39.1 Å². The maximum absolute atomic E-state index is 14.5. The number of likely N-dealkylation sites (tertiary alicyclic amines) is 1. The first kappa shape index (κ1) is 21.4. The van der Waals surface area contributed by atoms with E-state index < -0.39 is 11.6 Å². The Hall–Kier alpha value is -3.16. The third-order valence-electron chi connectivity index (χ3n) is 8.74. The van der Waals surface area contributed by atoms with Crippen LogP contribution in [0.3, 0.4) is 0 Å². The molecule has 176 valence electrons. The average Bonchev–Trinajstić information content (AvgIpc) is 3.50. The van der Waals surface area contributed by atoms with Crippen LogP contribution in [0, 0.1) is 23.0 Å². The van der Waals surface area contributed by atoms with Crippen molar-refractivity contribution in [1.82, 2.24) is 20.1 Å². The number of benzene rings is 1. The van der Waals surface area contributed by atoms with E-state index in [1.165, 1.54) is 30.8 Å². The number of amides is 1. The van der Waals surface area contributed by atoms with Crippen LogP contribution in [0.2, 0.25) is 0 Å². The van der Waals surface area contributed by atoms with Crippen LogP contribution in [0.15, 0.2) is 41.3 Å². The summed E-state index contributed by atoms with van der Waals surface area (Å²) in [4.78, 5) is 18.7. The molecule has 0 unspecified atom stereocenters. The van der Waals surface area contributed by atoms with Gasteiger partial charge in [-0.15, -0.1) is 0 Å². The van der Waals surface area contributed by atoms with Crippen molar-refractivity contribution in [2.45, 2.75) is 50.9 Å². The molecule has 1 aliphatic heterocycles. The molecular weight excluding hydrogens is 438 g/mol. The van der Waals surface area contributed by atoms with Crippen LogP contribution in [0.5, 0.6) is 0 Å². The van der Waals surface area contributed by atoms with Gasteiger partial charge in [-0.3, -0.25) is 4.79 Å². The molecule has 1 saturated carbocycles. The predicted molar refractivity (Wildman–Crippen MR) is 120 cm³/mol. The highest BCUT2D eigenvalue weighted by atomic mass is 19.1. The number of piperidine rings is 1. The number of halogens is 2. The normalized spacial score (nSPS) is 27.1. The molecule has 3 aromatic rings. The first-order valence-corrected chi connectivity index (χ1v) is 11.8. The number of oxazole rings is 1. The van der Waals surface area contributed by atoms with Gasteiger partial charge in [0.15, 0.2) is 6.39 Å². The number of nitrogens with zero attached hydrogens (tertiary/aromatic N) is 4. The monoisotopic (exact) mass is 464 g/mol. The smallest absolute Gasteiger partial charge is 0.291 e. The molecule has 6 nitrogen and oxygen atoms in total. The van der Waals surface area contributed by atoms with E-state index in [1.54, 1.807) is 0 Å². The van der Waals surface area contributed by atoms with Crippen molar-refractivity contribution in [3.63, 3.8) is 0 Å². The molecule has 2 aromatic heterocycles. The van der Waals surface area contributed by atoms with Gasteiger partial charge in [0.2, 0.25) is 5.76 Å². The summed E-state index contributed by atoms with van der Waals surface area (Å²) in [5.74, 6) is -0.724. The highest BCUT2D eigenvalue weighted by Crippen LogP contribution is 2.70. The Morgan fingerprint density at radius 3 is 2.71 bits per heavy atom. The number of carbonyl (C=O) groups is 1. The highest BCUT2D eigenvalue weighted by Gasteiger charge is 2.66. The lowest BCUT2D eigenvalue weighted by Gasteiger charge is -2.48. The zero-order valence-electron chi connectivity index (χ0n) is 19.2. The van der Waals surface area contributed by atoms with Gasteiger partial charge < -0.3 is 9.32 Å². The second-order valence-electron chi connectivity index (χ2n) is 10.4. The fourth-order valence-corrected chi connectivity index (χ4v) is 7.18. The average molecular weight is 465 g/mol. The van der Waals surface area contributed by atoms with E-state index >= 15 is 0 Å². The standard InChI is InChI=1S/C26H26F2N4O2/c1-25(2)17-8-9-26(25,15-5-4-10-32(13-15)24(33)21-12-29-14-34-21)23-16(17)11-20(30-31-23)22-18(27)6-3-7-19(22)28/h3,6-7,11-12,14-15,17H,4-5,8-10,13H2,1-2H3/t15-,17-,26-/m0/s1. The molecule has 1 amide bonds. The molecular formula is C26H26F2N4O2. The molecule has 6 rings (SSSR count).